The van der Waals surface area contributed by atoms with Gasteiger partial charge in [-0.15, -0.1) is 0 Å². The first kappa shape index (κ1) is 11.9. The highest BCUT2D eigenvalue weighted by molar-refractivity contribution is 5.45. The second-order valence-electron chi connectivity index (χ2n) is 2.69. The summed E-state index contributed by atoms with van der Waals surface area (Å²) in [5, 5.41) is 8.07. The van der Waals surface area contributed by atoms with E-state index in [1.54, 1.807) is 0 Å². The van der Waals surface area contributed by atoms with Gasteiger partial charge in [0.1, 0.15) is 0 Å². The van der Waals surface area contributed by atoms with Crippen molar-refractivity contribution in [2.45, 2.75) is 19.8 Å². The van der Waals surface area contributed by atoms with Crippen LogP contribution < -0.4 is 0 Å². The number of hydrogen-bond donors (Lipinski definition) is 1. The van der Waals surface area contributed by atoms with Crippen molar-refractivity contribution >= 4 is 6.08 Å². The zero-order valence-electron chi connectivity index (χ0n) is 8.24. The Bertz CT molecular complexity index is 202. The van der Waals surface area contributed by atoms with Crippen LogP contribution in [0.25, 0.3) is 6.08 Å². The van der Waals surface area contributed by atoms with Gasteiger partial charge in [-0.2, -0.15) is 0 Å². The summed E-state index contributed by atoms with van der Waals surface area (Å²) in [6.07, 6.45) is 3.87. The highest BCUT2D eigenvalue weighted by Crippen LogP contribution is 1.97. The maximum Gasteiger partial charge on any atom is 0.0430 e. The summed E-state index contributed by atoms with van der Waals surface area (Å²) in [7, 11) is 0. The summed E-state index contributed by atoms with van der Waals surface area (Å²) < 4.78 is 0. The van der Waals surface area contributed by atoms with Crippen LogP contribution in [0, 0.1) is 0 Å². The summed E-state index contributed by atoms with van der Waals surface area (Å²) in [6.45, 7) is 6.03. The molecule has 1 aromatic carbocycles. The molecule has 1 aromatic rings. The molecular formula is C12H18O. The van der Waals surface area contributed by atoms with Gasteiger partial charge in [0.15, 0.2) is 0 Å². The van der Waals surface area contributed by atoms with E-state index < -0.39 is 0 Å². The van der Waals surface area contributed by atoms with Crippen molar-refractivity contribution in [2.24, 2.45) is 0 Å². The van der Waals surface area contributed by atoms with Gasteiger partial charge in [-0.25, -0.2) is 0 Å². The van der Waals surface area contributed by atoms with Gasteiger partial charge in [-0.1, -0.05) is 56.3 Å². The minimum absolute atomic E-state index is 0.344. The van der Waals surface area contributed by atoms with Crippen molar-refractivity contribution in [3.63, 3.8) is 0 Å². The van der Waals surface area contributed by atoms with Crippen molar-refractivity contribution in [1.29, 1.82) is 0 Å². The quantitative estimate of drug-likeness (QED) is 0.754. The highest BCUT2D eigenvalue weighted by Gasteiger charge is 1.75. The zero-order chi connectivity index (χ0) is 9.94. The van der Waals surface area contributed by atoms with Crippen LogP contribution in [0.15, 0.2) is 36.9 Å². The van der Waals surface area contributed by atoms with Gasteiger partial charge in [0, 0.05) is 6.61 Å². The Labute approximate surface area is 80.7 Å². The molecule has 0 atom stereocenters. The van der Waals surface area contributed by atoms with Gasteiger partial charge in [-0.3, -0.25) is 0 Å². The smallest absolute Gasteiger partial charge is 0.0430 e. The number of benzene rings is 1. The van der Waals surface area contributed by atoms with E-state index in [2.05, 4.69) is 13.5 Å². The second-order valence-corrected chi connectivity index (χ2v) is 2.69. The normalized spacial score (nSPS) is 8.46. The van der Waals surface area contributed by atoms with Crippen molar-refractivity contribution in [3.8, 4) is 0 Å². The molecule has 0 amide bonds. The SMILES string of the molecule is C=Cc1ccccc1.CCCCO. The van der Waals surface area contributed by atoms with Crippen LogP contribution in [0.5, 0.6) is 0 Å². The van der Waals surface area contributed by atoms with Crippen molar-refractivity contribution in [1.82, 2.24) is 0 Å². The molecule has 0 heterocycles. The second kappa shape index (κ2) is 9.01. The molecule has 0 bridgehead atoms. The average Bonchev–Trinajstić information content (AvgIpc) is 2.21. The van der Waals surface area contributed by atoms with Crippen molar-refractivity contribution in [3.05, 3.63) is 42.5 Å². The largest absolute Gasteiger partial charge is 0.396 e. The van der Waals surface area contributed by atoms with Crippen LogP contribution >= 0.6 is 0 Å². The monoisotopic (exact) mass is 178 g/mol. The van der Waals surface area contributed by atoms with E-state index >= 15 is 0 Å². The third-order valence-electron chi connectivity index (χ3n) is 1.55. The fourth-order valence-corrected chi connectivity index (χ4v) is 0.747. The molecule has 0 aliphatic carbocycles. The van der Waals surface area contributed by atoms with Crippen molar-refractivity contribution in [2.75, 3.05) is 6.61 Å². The van der Waals surface area contributed by atoms with Crippen LogP contribution in [-0.2, 0) is 0 Å². The van der Waals surface area contributed by atoms with Gasteiger partial charge in [0.05, 0.1) is 0 Å². The lowest BCUT2D eigenvalue weighted by Crippen LogP contribution is -1.75. The predicted octanol–water partition coefficient (Wildman–Crippen LogP) is 3.11. The third-order valence-corrected chi connectivity index (χ3v) is 1.55. The van der Waals surface area contributed by atoms with E-state index in [1.807, 2.05) is 36.4 Å². The molecule has 0 saturated heterocycles. The van der Waals surface area contributed by atoms with E-state index in [1.165, 1.54) is 5.56 Å². The van der Waals surface area contributed by atoms with E-state index in [9.17, 15) is 0 Å². The Morgan fingerprint density at radius 2 is 1.92 bits per heavy atom. The van der Waals surface area contributed by atoms with Gasteiger partial charge in [0.25, 0.3) is 0 Å². The van der Waals surface area contributed by atoms with E-state index in [4.69, 9.17) is 5.11 Å². The van der Waals surface area contributed by atoms with Gasteiger partial charge < -0.3 is 5.11 Å². The van der Waals surface area contributed by atoms with Crippen LogP contribution in [0.1, 0.15) is 25.3 Å². The number of aliphatic hydroxyl groups is 1. The lowest BCUT2D eigenvalue weighted by molar-refractivity contribution is 0.287. The number of aliphatic hydroxyl groups excluding tert-OH is 1. The maximum absolute atomic E-state index is 8.07. The zero-order valence-corrected chi connectivity index (χ0v) is 8.24. The minimum Gasteiger partial charge on any atom is -0.396 e. The van der Waals surface area contributed by atoms with Crippen molar-refractivity contribution < 1.29 is 5.11 Å². The summed E-state index contributed by atoms with van der Waals surface area (Å²) in [5.74, 6) is 0. The molecule has 0 spiro atoms. The Kier molecular flexibility index (Phi) is 8.26. The summed E-state index contributed by atoms with van der Waals surface area (Å²) >= 11 is 0. The summed E-state index contributed by atoms with van der Waals surface area (Å²) in [4.78, 5) is 0. The Hall–Kier alpha value is -1.08. The van der Waals surface area contributed by atoms with E-state index in [-0.39, 0.29) is 0 Å². The highest BCUT2D eigenvalue weighted by atomic mass is 16.2. The number of hydrogen-bond acceptors (Lipinski definition) is 1. The average molecular weight is 178 g/mol. The first-order valence-corrected chi connectivity index (χ1v) is 4.63. The van der Waals surface area contributed by atoms with E-state index in [0.29, 0.717) is 6.61 Å². The van der Waals surface area contributed by atoms with Crippen LogP contribution in [-0.4, -0.2) is 11.7 Å². The molecule has 0 aliphatic rings. The lowest BCUT2D eigenvalue weighted by atomic mass is 10.2. The Morgan fingerprint density at radius 3 is 2.15 bits per heavy atom. The first-order chi connectivity index (χ1) is 6.35. The molecule has 13 heavy (non-hydrogen) atoms. The first-order valence-electron chi connectivity index (χ1n) is 4.63. The third kappa shape index (κ3) is 7.29. The molecule has 0 fully saturated rings. The van der Waals surface area contributed by atoms with Gasteiger partial charge >= 0.3 is 0 Å². The van der Waals surface area contributed by atoms with Crippen LogP contribution in [0.3, 0.4) is 0 Å². The maximum atomic E-state index is 8.07. The fourth-order valence-electron chi connectivity index (χ4n) is 0.747. The fraction of sp³-hybridized carbons (Fsp3) is 0.333. The lowest BCUT2D eigenvalue weighted by Gasteiger charge is -1.85. The minimum atomic E-state index is 0.344. The summed E-state index contributed by atoms with van der Waals surface area (Å²) in [5.41, 5.74) is 1.17. The predicted molar refractivity (Wildman–Crippen MR) is 58.5 cm³/mol. The molecular weight excluding hydrogens is 160 g/mol. The molecule has 0 aromatic heterocycles. The standard InChI is InChI=1S/C8H8.C4H10O/c1-2-8-6-4-3-5-7-8;1-2-3-4-5/h2-7H,1H2;5H,2-4H2,1H3. The van der Waals surface area contributed by atoms with Gasteiger partial charge in [-0.05, 0) is 12.0 Å². The van der Waals surface area contributed by atoms with Crippen LogP contribution in [0.2, 0.25) is 0 Å². The molecule has 0 unspecified atom stereocenters. The molecule has 1 rings (SSSR count). The number of unbranched alkanes of at least 4 members (excludes halogenated alkanes) is 1. The topological polar surface area (TPSA) is 20.2 Å². The van der Waals surface area contributed by atoms with Crippen LogP contribution in [0.4, 0.5) is 0 Å². The Morgan fingerprint density at radius 1 is 1.31 bits per heavy atom. The molecule has 1 nitrogen and oxygen atoms in total. The number of rotatable bonds is 3. The molecule has 1 heteroatoms. The molecule has 72 valence electrons. The van der Waals surface area contributed by atoms with Gasteiger partial charge in [0.2, 0.25) is 0 Å². The van der Waals surface area contributed by atoms with E-state index in [0.717, 1.165) is 12.8 Å². The summed E-state index contributed by atoms with van der Waals surface area (Å²) in [6, 6.07) is 10.0. The Balaban J connectivity index is 0.000000252. The molecule has 1 N–H and O–H groups in total. The molecule has 0 aliphatic heterocycles. The molecule has 0 radical (unpaired) electrons. The molecule has 0 saturated carbocycles.